The number of aromatic nitrogens is 2. The maximum absolute atomic E-state index is 5.39. The summed E-state index contributed by atoms with van der Waals surface area (Å²) in [6.07, 6.45) is 3.00. The van der Waals surface area contributed by atoms with E-state index in [0.717, 1.165) is 94.6 Å². The molecule has 1 fully saturated rings. The van der Waals surface area contributed by atoms with Crippen molar-refractivity contribution in [1.82, 2.24) is 25.5 Å². The number of fused-ring (bicyclic) bond motifs is 1. The van der Waals surface area contributed by atoms with E-state index in [-0.39, 0.29) is 24.0 Å². The Labute approximate surface area is 184 Å². The molecule has 0 amide bonds. The van der Waals surface area contributed by atoms with Gasteiger partial charge in [0.05, 0.1) is 24.2 Å². The molecule has 0 radical (unpaired) electrons. The van der Waals surface area contributed by atoms with Crippen molar-refractivity contribution >= 4 is 41.0 Å². The van der Waals surface area contributed by atoms with E-state index in [1.165, 1.54) is 0 Å². The average Bonchev–Trinajstić information content (AvgIpc) is 3.12. The Bertz CT molecular complexity index is 681. The second-order valence-corrected chi connectivity index (χ2v) is 6.80. The van der Waals surface area contributed by atoms with E-state index >= 15 is 0 Å². The first kappa shape index (κ1) is 22.9. The highest BCUT2D eigenvalue weighted by Gasteiger charge is 2.09. The summed E-state index contributed by atoms with van der Waals surface area (Å²) in [6, 6.07) is 8.15. The van der Waals surface area contributed by atoms with Gasteiger partial charge in [0.2, 0.25) is 0 Å². The van der Waals surface area contributed by atoms with Gasteiger partial charge in [0.25, 0.3) is 0 Å². The zero-order chi connectivity index (χ0) is 18.7. The van der Waals surface area contributed by atoms with Crippen molar-refractivity contribution in [1.29, 1.82) is 0 Å². The summed E-state index contributed by atoms with van der Waals surface area (Å²) in [7, 11) is 0. The van der Waals surface area contributed by atoms with Gasteiger partial charge < -0.3 is 20.4 Å². The minimum absolute atomic E-state index is 0. The van der Waals surface area contributed by atoms with Gasteiger partial charge in [-0.3, -0.25) is 9.89 Å². The zero-order valence-electron chi connectivity index (χ0n) is 16.7. The van der Waals surface area contributed by atoms with Crippen LogP contribution in [0.1, 0.15) is 25.6 Å². The highest BCUT2D eigenvalue weighted by Crippen LogP contribution is 2.11. The number of imidazole rings is 1. The number of guanidine groups is 1. The summed E-state index contributed by atoms with van der Waals surface area (Å²) >= 11 is 0. The summed E-state index contributed by atoms with van der Waals surface area (Å²) in [5, 5.41) is 6.76. The number of aliphatic imine (C=N–C) groups is 1. The SMILES string of the molecule is CCNC(=NCCCc1nc2ccccc2[nH]1)NCCCN1CCOCC1.I. The van der Waals surface area contributed by atoms with Crippen LogP contribution in [0.2, 0.25) is 0 Å². The summed E-state index contributed by atoms with van der Waals surface area (Å²) < 4.78 is 5.39. The lowest BCUT2D eigenvalue weighted by Crippen LogP contribution is -2.40. The summed E-state index contributed by atoms with van der Waals surface area (Å²) in [4.78, 5) is 15.1. The van der Waals surface area contributed by atoms with E-state index in [1.807, 2.05) is 18.2 Å². The van der Waals surface area contributed by atoms with E-state index in [1.54, 1.807) is 0 Å². The number of ether oxygens (including phenoxy) is 1. The van der Waals surface area contributed by atoms with Gasteiger partial charge >= 0.3 is 0 Å². The van der Waals surface area contributed by atoms with E-state index in [2.05, 4.69) is 43.5 Å². The Kier molecular flexibility index (Phi) is 10.6. The predicted molar refractivity (Wildman–Crippen MR) is 126 cm³/mol. The van der Waals surface area contributed by atoms with Crippen LogP contribution in [0.5, 0.6) is 0 Å². The van der Waals surface area contributed by atoms with Gasteiger partial charge in [-0.1, -0.05) is 12.1 Å². The van der Waals surface area contributed by atoms with E-state index in [9.17, 15) is 0 Å². The molecule has 0 unspecified atom stereocenters. The Morgan fingerprint density at radius 2 is 2.04 bits per heavy atom. The number of hydrogen-bond donors (Lipinski definition) is 3. The molecule has 0 spiro atoms. The van der Waals surface area contributed by atoms with E-state index < -0.39 is 0 Å². The first-order valence-electron chi connectivity index (χ1n) is 10.1. The first-order chi connectivity index (χ1) is 13.3. The zero-order valence-corrected chi connectivity index (χ0v) is 19.1. The molecular weight excluding hydrogens is 467 g/mol. The lowest BCUT2D eigenvalue weighted by Gasteiger charge is -2.26. The quantitative estimate of drug-likeness (QED) is 0.213. The molecule has 0 aliphatic carbocycles. The molecule has 8 heteroatoms. The third-order valence-corrected chi connectivity index (χ3v) is 4.67. The standard InChI is InChI=1S/C20H32N6O.HI/c1-2-21-20(23-11-6-12-26-13-15-27-16-14-26)22-10-5-9-19-24-17-7-3-4-8-18(17)25-19;/h3-4,7-8H,2,5-6,9-16H2,1H3,(H,24,25)(H2,21,22,23);1H. The summed E-state index contributed by atoms with van der Waals surface area (Å²) in [6.45, 7) is 9.64. The third-order valence-electron chi connectivity index (χ3n) is 4.67. The van der Waals surface area contributed by atoms with Gasteiger partial charge in [-0.05, 0) is 38.4 Å². The lowest BCUT2D eigenvalue weighted by molar-refractivity contribution is 0.0376. The number of para-hydroxylation sites is 2. The van der Waals surface area contributed by atoms with Gasteiger partial charge in [0, 0.05) is 39.1 Å². The number of benzene rings is 1. The van der Waals surface area contributed by atoms with Gasteiger partial charge in [0.1, 0.15) is 5.82 Å². The molecule has 28 heavy (non-hydrogen) atoms. The molecule has 3 rings (SSSR count). The molecule has 0 atom stereocenters. The van der Waals surface area contributed by atoms with Crippen LogP contribution >= 0.6 is 24.0 Å². The van der Waals surface area contributed by atoms with Gasteiger partial charge in [0.15, 0.2) is 5.96 Å². The number of aromatic amines is 1. The molecule has 1 aliphatic heterocycles. The van der Waals surface area contributed by atoms with Crippen molar-refractivity contribution in [2.45, 2.75) is 26.2 Å². The Morgan fingerprint density at radius 3 is 2.82 bits per heavy atom. The maximum atomic E-state index is 5.39. The van der Waals surface area contributed by atoms with E-state index in [0.29, 0.717) is 0 Å². The predicted octanol–water partition coefficient (Wildman–Crippen LogP) is 2.39. The number of rotatable bonds is 9. The second-order valence-electron chi connectivity index (χ2n) is 6.80. The van der Waals surface area contributed by atoms with Crippen molar-refractivity contribution in [3.8, 4) is 0 Å². The Morgan fingerprint density at radius 1 is 1.21 bits per heavy atom. The molecule has 2 aromatic rings. The largest absolute Gasteiger partial charge is 0.379 e. The Balaban J connectivity index is 0.00000280. The number of nitrogens with one attached hydrogen (secondary N) is 3. The van der Waals surface area contributed by atoms with Gasteiger partial charge in [-0.25, -0.2) is 4.98 Å². The van der Waals surface area contributed by atoms with Crippen LogP contribution in [0.15, 0.2) is 29.3 Å². The molecule has 1 saturated heterocycles. The molecule has 0 bridgehead atoms. The number of aryl methyl sites for hydroxylation is 1. The summed E-state index contributed by atoms with van der Waals surface area (Å²) in [5.41, 5.74) is 2.14. The molecular formula is C20H33IN6O. The van der Waals surface area contributed by atoms with Crippen LogP contribution in [-0.4, -0.2) is 73.3 Å². The third kappa shape index (κ3) is 7.56. The average molecular weight is 500 g/mol. The number of hydrogen-bond acceptors (Lipinski definition) is 4. The molecule has 7 nitrogen and oxygen atoms in total. The van der Waals surface area contributed by atoms with Crippen molar-refractivity contribution in [2.75, 3.05) is 52.5 Å². The van der Waals surface area contributed by atoms with Crippen molar-refractivity contribution in [2.24, 2.45) is 4.99 Å². The number of nitrogens with zero attached hydrogens (tertiary/aromatic N) is 3. The van der Waals surface area contributed by atoms with Crippen molar-refractivity contribution in [3.63, 3.8) is 0 Å². The first-order valence-corrected chi connectivity index (χ1v) is 10.1. The van der Waals surface area contributed by atoms with Crippen molar-refractivity contribution in [3.05, 3.63) is 30.1 Å². The minimum atomic E-state index is 0. The highest BCUT2D eigenvalue weighted by molar-refractivity contribution is 14.0. The molecule has 2 heterocycles. The highest BCUT2D eigenvalue weighted by atomic mass is 127. The number of halogens is 1. The van der Waals surface area contributed by atoms with Crippen LogP contribution in [0.4, 0.5) is 0 Å². The normalized spacial score (nSPS) is 15.4. The Hall–Kier alpha value is -1.39. The smallest absolute Gasteiger partial charge is 0.191 e. The molecule has 156 valence electrons. The maximum Gasteiger partial charge on any atom is 0.191 e. The fourth-order valence-corrected chi connectivity index (χ4v) is 3.24. The fraction of sp³-hybridized carbons (Fsp3) is 0.600. The second kappa shape index (κ2) is 12.9. The topological polar surface area (TPSA) is 77.6 Å². The summed E-state index contributed by atoms with van der Waals surface area (Å²) in [5.74, 6) is 1.94. The van der Waals surface area contributed by atoms with Gasteiger partial charge in [-0.15, -0.1) is 24.0 Å². The van der Waals surface area contributed by atoms with Crippen molar-refractivity contribution < 1.29 is 4.74 Å². The van der Waals surface area contributed by atoms with Gasteiger partial charge in [-0.2, -0.15) is 0 Å². The van der Waals surface area contributed by atoms with Crippen LogP contribution < -0.4 is 10.6 Å². The number of morpholine rings is 1. The van der Waals surface area contributed by atoms with Crippen LogP contribution in [0.3, 0.4) is 0 Å². The molecule has 3 N–H and O–H groups in total. The van der Waals surface area contributed by atoms with Crippen LogP contribution in [0.25, 0.3) is 11.0 Å². The molecule has 1 aromatic carbocycles. The minimum Gasteiger partial charge on any atom is -0.379 e. The monoisotopic (exact) mass is 500 g/mol. The van der Waals surface area contributed by atoms with E-state index in [4.69, 9.17) is 4.74 Å². The molecule has 0 saturated carbocycles. The number of H-pyrrole nitrogens is 1. The molecule has 1 aliphatic rings. The van der Waals surface area contributed by atoms with Crippen LogP contribution in [-0.2, 0) is 11.2 Å². The lowest BCUT2D eigenvalue weighted by atomic mass is 10.3. The molecule has 1 aromatic heterocycles. The fourth-order valence-electron chi connectivity index (χ4n) is 3.24. The van der Waals surface area contributed by atoms with Crippen LogP contribution in [0, 0.1) is 0 Å².